The van der Waals surface area contributed by atoms with E-state index in [9.17, 15) is 18.0 Å². The molecule has 2 rings (SSSR count). The first-order chi connectivity index (χ1) is 10.9. The fourth-order valence-corrected chi connectivity index (χ4v) is 2.50. The van der Waals surface area contributed by atoms with Crippen LogP contribution in [0.4, 0.5) is 13.2 Å². The lowest BCUT2D eigenvalue weighted by Crippen LogP contribution is -2.50. The monoisotopic (exact) mass is 330 g/mol. The fraction of sp³-hybridized carbons (Fsp3) is 0.562. The zero-order chi connectivity index (χ0) is 16.7. The molecular weight excluding hydrogens is 309 g/mol. The second-order valence-electron chi connectivity index (χ2n) is 5.57. The van der Waals surface area contributed by atoms with Crippen molar-refractivity contribution in [3.63, 3.8) is 0 Å². The summed E-state index contributed by atoms with van der Waals surface area (Å²) in [7, 11) is 0. The number of halogens is 3. The van der Waals surface area contributed by atoms with Crippen molar-refractivity contribution in [2.24, 2.45) is 0 Å². The van der Waals surface area contributed by atoms with Gasteiger partial charge in [-0.2, -0.15) is 13.2 Å². The highest BCUT2D eigenvalue weighted by atomic mass is 19.4. The molecule has 1 aromatic rings. The molecule has 7 heteroatoms. The molecule has 1 aliphatic rings. The summed E-state index contributed by atoms with van der Waals surface area (Å²) in [5.74, 6) is -0.378. The maximum Gasteiger partial charge on any atom is 0.411 e. The van der Waals surface area contributed by atoms with E-state index in [2.05, 4.69) is 21.8 Å². The number of amides is 1. The Bertz CT molecular complexity index is 486. The third-order valence-corrected chi connectivity index (χ3v) is 3.78. The van der Waals surface area contributed by atoms with Gasteiger partial charge >= 0.3 is 6.18 Å². The van der Waals surface area contributed by atoms with Crippen molar-refractivity contribution in [3.05, 3.63) is 35.9 Å². The summed E-state index contributed by atoms with van der Waals surface area (Å²) in [5.41, 5.74) is 1.27. The van der Waals surface area contributed by atoms with Gasteiger partial charge in [0.05, 0.1) is 0 Å². The lowest BCUT2D eigenvalue weighted by molar-refractivity contribution is -0.178. The van der Waals surface area contributed by atoms with Crippen LogP contribution in [0.1, 0.15) is 5.56 Å². The first kappa shape index (κ1) is 17.7. The van der Waals surface area contributed by atoms with E-state index in [-0.39, 0.29) is 5.91 Å². The van der Waals surface area contributed by atoms with Crippen LogP contribution in [0.25, 0.3) is 0 Å². The number of carbonyl (C=O) groups excluding carboxylic acids is 1. The predicted molar refractivity (Wildman–Crippen MR) is 80.0 cm³/mol. The van der Waals surface area contributed by atoms with E-state index in [1.165, 1.54) is 5.56 Å². The molecule has 1 aromatic carbocycles. The number of nitrogens with zero attached hydrogens (tertiary/aromatic N) is 2. The van der Waals surface area contributed by atoms with Crippen LogP contribution in [-0.2, 0) is 16.0 Å². The van der Waals surface area contributed by atoms with Gasteiger partial charge in [-0.1, -0.05) is 30.3 Å². The van der Waals surface area contributed by atoms with Crippen molar-refractivity contribution in [1.29, 1.82) is 0 Å². The number of hydrogen-bond donors (Lipinski definition) is 0. The number of ether oxygens (including phenoxy) is 1. The van der Waals surface area contributed by atoms with Crippen LogP contribution >= 0.6 is 0 Å². The average molecular weight is 330 g/mol. The molecule has 1 fully saturated rings. The molecule has 0 aromatic heterocycles. The summed E-state index contributed by atoms with van der Waals surface area (Å²) in [6, 6.07) is 10.2. The van der Waals surface area contributed by atoms with E-state index in [0.717, 1.165) is 26.1 Å². The van der Waals surface area contributed by atoms with Crippen LogP contribution in [0.3, 0.4) is 0 Å². The second-order valence-corrected chi connectivity index (χ2v) is 5.57. The van der Waals surface area contributed by atoms with Gasteiger partial charge in [0, 0.05) is 32.7 Å². The standard InChI is InChI=1S/C16H21F3N2O2/c17-16(18,19)13-23-12-15(22)21-10-8-20(9-11-21)7-6-14-4-2-1-3-5-14/h1-5H,6-13H2. The highest BCUT2D eigenvalue weighted by Crippen LogP contribution is 2.14. The molecule has 0 aliphatic carbocycles. The number of rotatable bonds is 6. The summed E-state index contributed by atoms with van der Waals surface area (Å²) < 4.78 is 40.3. The van der Waals surface area contributed by atoms with Crippen LogP contribution in [0.15, 0.2) is 30.3 Å². The normalized spacial score (nSPS) is 16.6. The molecule has 1 saturated heterocycles. The Balaban J connectivity index is 1.64. The van der Waals surface area contributed by atoms with Crippen molar-refractivity contribution in [2.45, 2.75) is 12.6 Å². The second kappa shape index (κ2) is 8.31. The highest BCUT2D eigenvalue weighted by Gasteiger charge is 2.28. The highest BCUT2D eigenvalue weighted by molar-refractivity contribution is 5.77. The fourth-order valence-electron chi connectivity index (χ4n) is 2.50. The Hall–Kier alpha value is -1.60. The molecule has 23 heavy (non-hydrogen) atoms. The number of hydrogen-bond acceptors (Lipinski definition) is 3. The molecule has 0 N–H and O–H groups in total. The van der Waals surface area contributed by atoms with Crippen LogP contribution < -0.4 is 0 Å². The van der Waals surface area contributed by atoms with Gasteiger partial charge < -0.3 is 9.64 Å². The van der Waals surface area contributed by atoms with Crippen molar-refractivity contribution in [1.82, 2.24) is 9.80 Å². The number of carbonyl (C=O) groups is 1. The van der Waals surface area contributed by atoms with Crippen molar-refractivity contribution < 1.29 is 22.7 Å². The first-order valence-electron chi connectivity index (χ1n) is 7.62. The molecule has 0 saturated carbocycles. The van der Waals surface area contributed by atoms with Crippen LogP contribution in [0.2, 0.25) is 0 Å². The molecule has 0 radical (unpaired) electrons. The number of piperazine rings is 1. The molecule has 0 bridgehead atoms. The lowest BCUT2D eigenvalue weighted by atomic mass is 10.1. The minimum atomic E-state index is -4.39. The zero-order valence-electron chi connectivity index (χ0n) is 12.9. The van der Waals surface area contributed by atoms with E-state index in [4.69, 9.17) is 0 Å². The maximum absolute atomic E-state index is 12.0. The summed E-state index contributed by atoms with van der Waals surface area (Å²) in [5, 5.41) is 0. The van der Waals surface area contributed by atoms with Crippen molar-refractivity contribution in [3.8, 4) is 0 Å². The zero-order valence-corrected chi connectivity index (χ0v) is 12.9. The third kappa shape index (κ3) is 6.58. The molecule has 4 nitrogen and oxygen atoms in total. The molecule has 1 heterocycles. The van der Waals surface area contributed by atoms with Crippen molar-refractivity contribution >= 4 is 5.91 Å². The van der Waals surface area contributed by atoms with Gasteiger partial charge in [0.25, 0.3) is 0 Å². The minimum absolute atomic E-state index is 0.378. The molecule has 0 unspecified atom stereocenters. The van der Waals surface area contributed by atoms with E-state index in [1.807, 2.05) is 18.2 Å². The Morgan fingerprint density at radius 1 is 1.09 bits per heavy atom. The Labute approximate surface area is 133 Å². The lowest BCUT2D eigenvalue weighted by Gasteiger charge is -2.34. The van der Waals surface area contributed by atoms with E-state index in [1.54, 1.807) is 4.90 Å². The molecule has 0 atom stereocenters. The quantitative estimate of drug-likeness (QED) is 0.799. The smallest absolute Gasteiger partial charge is 0.362 e. The van der Waals surface area contributed by atoms with Gasteiger partial charge in [-0.25, -0.2) is 0 Å². The van der Waals surface area contributed by atoms with E-state index in [0.29, 0.717) is 13.1 Å². The largest absolute Gasteiger partial charge is 0.411 e. The van der Waals surface area contributed by atoms with Gasteiger partial charge in [-0.3, -0.25) is 9.69 Å². The van der Waals surface area contributed by atoms with Gasteiger partial charge in [0.2, 0.25) is 5.91 Å². The molecule has 1 aliphatic heterocycles. The first-order valence-corrected chi connectivity index (χ1v) is 7.62. The summed E-state index contributed by atoms with van der Waals surface area (Å²) >= 11 is 0. The van der Waals surface area contributed by atoms with Crippen molar-refractivity contribution in [2.75, 3.05) is 45.9 Å². The Morgan fingerprint density at radius 2 is 1.74 bits per heavy atom. The molecular formula is C16H21F3N2O2. The summed E-state index contributed by atoms with van der Waals surface area (Å²) in [6.07, 6.45) is -3.44. The molecule has 1 amide bonds. The van der Waals surface area contributed by atoms with E-state index >= 15 is 0 Å². The number of benzene rings is 1. The van der Waals surface area contributed by atoms with E-state index < -0.39 is 19.4 Å². The SMILES string of the molecule is O=C(COCC(F)(F)F)N1CCN(CCc2ccccc2)CC1. The van der Waals surface area contributed by atoms with Crippen LogP contribution in [-0.4, -0.2) is 67.8 Å². The Kier molecular flexibility index (Phi) is 6.41. The molecule has 128 valence electrons. The topological polar surface area (TPSA) is 32.8 Å². The average Bonchev–Trinajstić information content (AvgIpc) is 2.53. The minimum Gasteiger partial charge on any atom is -0.362 e. The van der Waals surface area contributed by atoms with Crippen LogP contribution in [0.5, 0.6) is 0 Å². The third-order valence-electron chi connectivity index (χ3n) is 3.78. The van der Waals surface area contributed by atoms with Gasteiger partial charge in [-0.15, -0.1) is 0 Å². The predicted octanol–water partition coefficient (Wildman–Crippen LogP) is 1.95. The summed E-state index contributed by atoms with van der Waals surface area (Å²) in [4.78, 5) is 15.6. The molecule has 0 spiro atoms. The van der Waals surface area contributed by atoms with Crippen LogP contribution in [0, 0.1) is 0 Å². The number of alkyl halides is 3. The Morgan fingerprint density at radius 3 is 2.35 bits per heavy atom. The summed E-state index contributed by atoms with van der Waals surface area (Å²) in [6.45, 7) is 1.55. The maximum atomic E-state index is 12.0. The van der Waals surface area contributed by atoms with Gasteiger partial charge in [0.1, 0.15) is 13.2 Å². The van der Waals surface area contributed by atoms with Gasteiger partial charge in [0.15, 0.2) is 0 Å². The van der Waals surface area contributed by atoms with Gasteiger partial charge in [-0.05, 0) is 12.0 Å².